The van der Waals surface area contributed by atoms with Gasteiger partial charge in [0.2, 0.25) is 0 Å². The third-order valence-corrected chi connectivity index (χ3v) is 7.00. The molecule has 2 aromatic heterocycles. The molecule has 2 aliphatic rings. The number of rotatable bonds is 5. The van der Waals surface area contributed by atoms with E-state index in [0.29, 0.717) is 5.92 Å². The van der Waals surface area contributed by atoms with Gasteiger partial charge in [0.15, 0.2) is 0 Å². The number of likely N-dealkylation sites (tertiary alicyclic amines) is 1. The van der Waals surface area contributed by atoms with Gasteiger partial charge in [0.05, 0.1) is 23.6 Å². The molecule has 5 rings (SSSR count). The minimum Gasteiger partial charge on any atom is -0.493 e. The Kier molecular flexibility index (Phi) is 6.15. The summed E-state index contributed by atoms with van der Waals surface area (Å²) in [4.78, 5) is 19.8. The van der Waals surface area contributed by atoms with Gasteiger partial charge in [0.25, 0.3) is 5.91 Å². The molecule has 1 aromatic carbocycles. The summed E-state index contributed by atoms with van der Waals surface area (Å²) in [7, 11) is 0. The molecule has 2 fully saturated rings. The van der Waals surface area contributed by atoms with Crippen LogP contribution in [-0.2, 0) is 0 Å². The number of aryl methyl sites for hydroxylation is 1. The topological polar surface area (TPSA) is 46.8 Å². The molecule has 1 amide bonds. The number of benzene rings is 1. The highest BCUT2D eigenvalue weighted by Crippen LogP contribution is 2.30. The number of fused-ring (bicyclic) bond motifs is 1. The quantitative estimate of drug-likeness (QED) is 0.506. The largest absolute Gasteiger partial charge is 0.493 e. The lowest BCUT2D eigenvalue weighted by molar-refractivity contribution is 0.0724. The third kappa shape index (κ3) is 4.38. The number of pyridine rings is 1. The van der Waals surface area contributed by atoms with E-state index in [1.165, 1.54) is 38.5 Å². The van der Waals surface area contributed by atoms with Crippen molar-refractivity contribution in [3.05, 3.63) is 53.9 Å². The lowest BCUT2D eigenvalue weighted by Gasteiger charge is -2.26. The van der Waals surface area contributed by atoms with Gasteiger partial charge in [0.1, 0.15) is 11.4 Å². The molecule has 0 N–H and O–H groups in total. The van der Waals surface area contributed by atoms with E-state index in [-0.39, 0.29) is 5.91 Å². The normalized spacial score (nSPS) is 17.6. The zero-order valence-electron chi connectivity index (χ0n) is 19.1. The monoisotopic (exact) mass is 431 g/mol. The van der Waals surface area contributed by atoms with Crippen molar-refractivity contribution in [3.8, 4) is 17.0 Å². The van der Waals surface area contributed by atoms with E-state index in [4.69, 9.17) is 9.72 Å². The number of aromatic nitrogens is 2. The SMILES string of the molecule is Cc1nc2ccc(C(=O)N3CCCCC3)cn2c1-c1cccc(OCC2CCCCC2)c1. The zero-order chi connectivity index (χ0) is 21.9. The Morgan fingerprint density at radius 1 is 1.03 bits per heavy atom. The van der Waals surface area contributed by atoms with Crippen LogP contribution in [0.5, 0.6) is 5.75 Å². The van der Waals surface area contributed by atoms with Crippen molar-refractivity contribution in [2.75, 3.05) is 19.7 Å². The van der Waals surface area contributed by atoms with Gasteiger partial charge in [-0.3, -0.25) is 9.20 Å². The minimum absolute atomic E-state index is 0.119. The van der Waals surface area contributed by atoms with Crippen molar-refractivity contribution in [1.29, 1.82) is 0 Å². The van der Waals surface area contributed by atoms with Gasteiger partial charge in [-0.05, 0) is 69.2 Å². The van der Waals surface area contributed by atoms with Gasteiger partial charge in [-0.25, -0.2) is 4.98 Å². The number of ether oxygens (including phenoxy) is 1. The summed E-state index contributed by atoms with van der Waals surface area (Å²) in [6.45, 7) is 4.54. The third-order valence-electron chi connectivity index (χ3n) is 7.00. The molecule has 168 valence electrons. The summed E-state index contributed by atoms with van der Waals surface area (Å²) in [6, 6.07) is 12.2. The number of piperidine rings is 1. The summed E-state index contributed by atoms with van der Waals surface area (Å²) in [5.74, 6) is 1.70. The summed E-state index contributed by atoms with van der Waals surface area (Å²) in [5, 5.41) is 0. The Morgan fingerprint density at radius 3 is 2.62 bits per heavy atom. The Morgan fingerprint density at radius 2 is 1.81 bits per heavy atom. The fraction of sp³-hybridized carbons (Fsp3) is 0.481. The van der Waals surface area contributed by atoms with Gasteiger partial charge >= 0.3 is 0 Å². The second-order valence-electron chi connectivity index (χ2n) is 9.39. The molecule has 5 heteroatoms. The maximum Gasteiger partial charge on any atom is 0.255 e. The van der Waals surface area contributed by atoms with Gasteiger partial charge in [-0.15, -0.1) is 0 Å². The van der Waals surface area contributed by atoms with Gasteiger partial charge in [0, 0.05) is 24.8 Å². The van der Waals surface area contributed by atoms with Crippen molar-refractivity contribution >= 4 is 11.6 Å². The van der Waals surface area contributed by atoms with Crippen molar-refractivity contribution in [2.24, 2.45) is 5.92 Å². The summed E-state index contributed by atoms with van der Waals surface area (Å²) in [5.41, 5.74) is 4.64. The number of carbonyl (C=O) groups is 1. The highest BCUT2D eigenvalue weighted by atomic mass is 16.5. The Balaban J connectivity index is 1.41. The molecule has 32 heavy (non-hydrogen) atoms. The average molecular weight is 432 g/mol. The number of hydrogen-bond donors (Lipinski definition) is 0. The van der Waals surface area contributed by atoms with E-state index >= 15 is 0 Å². The van der Waals surface area contributed by atoms with E-state index in [0.717, 1.165) is 66.4 Å². The second kappa shape index (κ2) is 9.35. The Bertz CT molecular complexity index is 1090. The maximum atomic E-state index is 13.1. The first kappa shape index (κ1) is 21.0. The maximum absolute atomic E-state index is 13.1. The van der Waals surface area contributed by atoms with E-state index in [1.807, 2.05) is 42.3 Å². The summed E-state index contributed by atoms with van der Waals surface area (Å²) < 4.78 is 8.25. The molecule has 1 saturated heterocycles. The highest BCUT2D eigenvalue weighted by molar-refractivity contribution is 5.94. The molecular formula is C27H33N3O2. The predicted octanol–water partition coefficient (Wildman–Crippen LogP) is 5.89. The van der Waals surface area contributed by atoms with Crippen LogP contribution in [-0.4, -0.2) is 39.9 Å². The van der Waals surface area contributed by atoms with Crippen LogP contribution in [0.2, 0.25) is 0 Å². The number of nitrogens with zero attached hydrogens (tertiary/aromatic N) is 3. The lowest BCUT2D eigenvalue weighted by Crippen LogP contribution is -2.35. The highest BCUT2D eigenvalue weighted by Gasteiger charge is 2.20. The lowest BCUT2D eigenvalue weighted by atomic mass is 9.90. The van der Waals surface area contributed by atoms with Crippen LogP contribution < -0.4 is 4.74 Å². The van der Waals surface area contributed by atoms with Crippen LogP contribution >= 0.6 is 0 Å². The van der Waals surface area contributed by atoms with Crippen molar-refractivity contribution in [1.82, 2.24) is 14.3 Å². The minimum atomic E-state index is 0.119. The number of amides is 1. The fourth-order valence-electron chi connectivity index (χ4n) is 5.22. The van der Waals surface area contributed by atoms with Gasteiger partial charge < -0.3 is 9.64 Å². The van der Waals surface area contributed by atoms with Gasteiger partial charge in [-0.2, -0.15) is 0 Å². The Hall–Kier alpha value is -2.82. The molecule has 3 aromatic rings. The zero-order valence-corrected chi connectivity index (χ0v) is 19.1. The summed E-state index contributed by atoms with van der Waals surface area (Å²) >= 11 is 0. The first-order valence-corrected chi connectivity index (χ1v) is 12.2. The number of carbonyl (C=O) groups excluding carboxylic acids is 1. The van der Waals surface area contributed by atoms with Crippen LogP contribution in [0.1, 0.15) is 67.4 Å². The summed E-state index contributed by atoms with van der Waals surface area (Å²) in [6.07, 6.45) is 11.9. The van der Waals surface area contributed by atoms with E-state index in [9.17, 15) is 4.79 Å². The van der Waals surface area contributed by atoms with Crippen molar-refractivity contribution in [3.63, 3.8) is 0 Å². The molecule has 1 aliphatic carbocycles. The fourth-order valence-corrected chi connectivity index (χ4v) is 5.22. The number of imidazole rings is 1. The molecule has 0 spiro atoms. The van der Waals surface area contributed by atoms with Crippen LogP contribution in [0.15, 0.2) is 42.6 Å². The first-order valence-electron chi connectivity index (χ1n) is 12.2. The first-order chi connectivity index (χ1) is 15.7. The molecule has 0 radical (unpaired) electrons. The van der Waals surface area contributed by atoms with Crippen LogP contribution in [0.25, 0.3) is 16.9 Å². The number of hydrogen-bond acceptors (Lipinski definition) is 3. The second-order valence-corrected chi connectivity index (χ2v) is 9.39. The van der Waals surface area contributed by atoms with Crippen molar-refractivity contribution in [2.45, 2.75) is 58.3 Å². The molecule has 0 bridgehead atoms. The Labute approximate surface area is 190 Å². The molecule has 0 unspecified atom stereocenters. The molecule has 3 heterocycles. The smallest absolute Gasteiger partial charge is 0.255 e. The van der Waals surface area contributed by atoms with E-state index in [2.05, 4.69) is 16.5 Å². The molecule has 5 nitrogen and oxygen atoms in total. The standard InChI is InChI=1S/C27H33N3O2/c1-20-26(22-11-8-12-24(17-22)32-19-21-9-4-2-5-10-21)30-18-23(13-14-25(30)28-20)27(31)29-15-6-3-7-16-29/h8,11-14,17-18,21H,2-7,9-10,15-16,19H2,1H3. The molecule has 1 saturated carbocycles. The van der Waals surface area contributed by atoms with Crippen molar-refractivity contribution < 1.29 is 9.53 Å². The predicted molar refractivity (Wildman–Crippen MR) is 127 cm³/mol. The van der Waals surface area contributed by atoms with Crippen LogP contribution in [0.3, 0.4) is 0 Å². The van der Waals surface area contributed by atoms with Gasteiger partial charge in [-0.1, -0.05) is 31.4 Å². The van der Waals surface area contributed by atoms with Crippen LogP contribution in [0.4, 0.5) is 0 Å². The van der Waals surface area contributed by atoms with Crippen LogP contribution in [0, 0.1) is 12.8 Å². The molecule has 0 atom stereocenters. The average Bonchev–Trinajstić information content (AvgIpc) is 3.18. The van der Waals surface area contributed by atoms with E-state index in [1.54, 1.807) is 0 Å². The van der Waals surface area contributed by atoms with E-state index < -0.39 is 0 Å². The molecule has 1 aliphatic heterocycles. The molecular weight excluding hydrogens is 398 g/mol.